The summed E-state index contributed by atoms with van der Waals surface area (Å²) >= 11 is 0. The third-order valence-electron chi connectivity index (χ3n) is 8.35. The number of benzene rings is 1. The Balaban J connectivity index is 1.39. The van der Waals surface area contributed by atoms with Gasteiger partial charge in [-0.3, -0.25) is 9.59 Å². The molecule has 1 aromatic heterocycles. The van der Waals surface area contributed by atoms with Crippen LogP contribution in [0.15, 0.2) is 51.5 Å². The molecule has 0 unspecified atom stereocenters. The van der Waals surface area contributed by atoms with Crippen LogP contribution in [-0.4, -0.2) is 29.6 Å². The summed E-state index contributed by atoms with van der Waals surface area (Å²) in [6.07, 6.45) is -6.59. The second-order valence-electron chi connectivity index (χ2n) is 10.9. The number of allylic oxidation sites excluding steroid dienone is 2. The lowest BCUT2D eigenvalue weighted by molar-refractivity contribution is -0.143. The molecule has 2 amide bonds. The number of hydrogen-bond donors (Lipinski definition) is 1. The number of ether oxygens (including phenoxy) is 1. The molecule has 12 heteroatoms. The molecule has 42 heavy (non-hydrogen) atoms. The number of aliphatic hydroxyl groups is 1. The van der Waals surface area contributed by atoms with Gasteiger partial charge in [0.05, 0.1) is 41.4 Å². The van der Waals surface area contributed by atoms with Gasteiger partial charge in [-0.05, 0) is 74.6 Å². The normalized spacial score (nSPS) is 25.0. The first-order chi connectivity index (χ1) is 19.7. The maximum Gasteiger partial charge on any atom is 0.416 e. The standard InChI is InChI=1S/C30H29F6NO5/c1-3-16(9-20-5-6-21(13-38)42-20)4-7-24-25-15(2)8-22-26(23(25)14-41-24)28(40)37(27(22)39)19-11-17(29(31,32)33)10-18(12-19)30(34,35)36/h5-6,9-12,22-24,26,38H,3-4,7-8,13-14H2,1-2H3/b16-9+/t22-,23+,24-,26-/m1/s1. The molecule has 2 aromatic rings. The monoisotopic (exact) mass is 597 g/mol. The second kappa shape index (κ2) is 11.0. The number of alkyl halides is 6. The van der Waals surface area contributed by atoms with Crippen molar-refractivity contribution in [1.82, 2.24) is 0 Å². The summed E-state index contributed by atoms with van der Waals surface area (Å²) in [4.78, 5) is 27.5. The minimum absolute atomic E-state index is 0.0305. The van der Waals surface area contributed by atoms with Crippen LogP contribution in [0.3, 0.4) is 0 Å². The predicted octanol–water partition coefficient (Wildman–Crippen LogP) is 6.92. The maximum absolute atomic E-state index is 13.6. The van der Waals surface area contributed by atoms with Gasteiger partial charge in [0.25, 0.3) is 0 Å². The number of furan rings is 1. The van der Waals surface area contributed by atoms with Crippen molar-refractivity contribution in [2.24, 2.45) is 17.8 Å². The number of carbonyl (C=O) groups is 2. The van der Waals surface area contributed by atoms with Gasteiger partial charge in [0.1, 0.15) is 18.1 Å². The molecule has 1 aliphatic carbocycles. The number of hydrogen-bond acceptors (Lipinski definition) is 5. The lowest BCUT2D eigenvalue weighted by Gasteiger charge is -2.30. The molecule has 2 fully saturated rings. The lowest BCUT2D eigenvalue weighted by Crippen LogP contribution is -2.34. The third-order valence-corrected chi connectivity index (χ3v) is 8.35. The Morgan fingerprint density at radius 2 is 1.69 bits per heavy atom. The number of carbonyl (C=O) groups excluding carboxylic acids is 2. The van der Waals surface area contributed by atoms with E-state index in [2.05, 4.69) is 0 Å². The molecule has 3 aliphatic rings. The molecule has 1 aromatic carbocycles. The summed E-state index contributed by atoms with van der Waals surface area (Å²) in [6.45, 7) is 3.72. The van der Waals surface area contributed by atoms with Crippen LogP contribution in [0.1, 0.15) is 62.2 Å². The number of rotatable bonds is 7. The number of amides is 2. The quantitative estimate of drug-likeness (QED) is 0.213. The highest BCUT2D eigenvalue weighted by molar-refractivity contribution is 6.22. The molecule has 0 saturated carbocycles. The van der Waals surface area contributed by atoms with Crippen LogP contribution >= 0.6 is 0 Å². The summed E-state index contributed by atoms with van der Waals surface area (Å²) in [7, 11) is 0. The van der Waals surface area contributed by atoms with Gasteiger partial charge in [-0.1, -0.05) is 18.1 Å². The van der Waals surface area contributed by atoms with E-state index < -0.39 is 58.7 Å². The van der Waals surface area contributed by atoms with E-state index in [9.17, 15) is 41.0 Å². The zero-order valence-corrected chi connectivity index (χ0v) is 22.8. The molecule has 0 radical (unpaired) electrons. The van der Waals surface area contributed by atoms with E-state index in [0.29, 0.717) is 41.4 Å². The van der Waals surface area contributed by atoms with E-state index >= 15 is 0 Å². The van der Waals surface area contributed by atoms with E-state index in [-0.39, 0.29) is 31.8 Å². The van der Waals surface area contributed by atoms with Crippen LogP contribution in [0.5, 0.6) is 0 Å². The van der Waals surface area contributed by atoms with Gasteiger partial charge in [-0.2, -0.15) is 26.3 Å². The van der Waals surface area contributed by atoms with Crippen molar-refractivity contribution in [1.29, 1.82) is 0 Å². The first-order valence-electron chi connectivity index (χ1n) is 13.6. The van der Waals surface area contributed by atoms with Crippen molar-refractivity contribution in [3.63, 3.8) is 0 Å². The highest BCUT2D eigenvalue weighted by atomic mass is 19.4. The van der Waals surface area contributed by atoms with Crippen LogP contribution in [0.4, 0.5) is 32.0 Å². The molecular weight excluding hydrogens is 568 g/mol. The number of nitrogens with zero attached hydrogens (tertiary/aromatic N) is 1. The Morgan fingerprint density at radius 1 is 1.02 bits per heavy atom. The molecule has 0 bridgehead atoms. The first-order valence-corrected chi connectivity index (χ1v) is 13.6. The molecule has 6 nitrogen and oxygen atoms in total. The molecule has 226 valence electrons. The fourth-order valence-corrected chi connectivity index (χ4v) is 6.38. The fraction of sp³-hybridized carbons (Fsp3) is 0.467. The van der Waals surface area contributed by atoms with Crippen molar-refractivity contribution in [2.75, 3.05) is 11.5 Å². The average Bonchev–Trinajstić information content (AvgIpc) is 3.62. The van der Waals surface area contributed by atoms with Gasteiger partial charge in [0, 0.05) is 5.92 Å². The van der Waals surface area contributed by atoms with Crippen molar-refractivity contribution >= 4 is 23.6 Å². The summed E-state index contributed by atoms with van der Waals surface area (Å²) in [5.74, 6) is -2.92. The van der Waals surface area contributed by atoms with Crippen molar-refractivity contribution in [3.05, 3.63) is 69.7 Å². The van der Waals surface area contributed by atoms with Crippen LogP contribution in [0, 0.1) is 17.8 Å². The third kappa shape index (κ3) is 5.54. The first kappa shape index (κ1) is 30.1. The zero-order chi connectivity index (χ0) is 30.6. The number of fused-ring (bicyclic) bond motifs is 3. The average molecular weight is 598 g/mol. The minimum atomic E-state index is -5.11. The highest BCUT2D eigenvalue weighted by Gasteiger charge is 2.57. The number of imide groups is 1. The molecule has 2 saturated heterocycles. The van der Waals surface area contributed by atoms with E-state index in [1.807, 2.05) is 19.9 Å². The van der Waals surface area contributed by atoms with E-state index in [4.69, 9.17) is 9.15 Å². The Morgan fingerprint density at radius 3 is 2.26 bits per heavy atom. The van der Waals surface area contributed by atoms with E-state index in [1.54, 1.807) is 12.1 Å². The van der Waals surface area contributed by atoms with Crippen molar-refractivity contribution < 1.29 is 50.2 Å². The van der Waals surface area contributed by atoms with Gasteiger partial charge >= 0.3 is 12.4 Å². The SMILES string of the molecule is CC/C(=C\c1ccc(CO)o1)CC[C@H]1OC[C@H]2C1=C(C)C[C@H]1C(=O)N(c3cc(C(F)(F)F)cc(C(F)(F)F)c3)C(=O)[C@H]12. The van der Waals surface area contributed by atoms with Gasteiger partial charge < -0.3 is 14.3 Å². The molecular formula is C30H29F6NO5. The van der Waals surface area contributed by atoms with Crippen LogP contribution in [0.2, 0.25) is 0 Å². The second-order valence-corrected chi connectivity index (χ2v) is 10.9. The lowest BCUT2D eigenvalue weighted by atomic mass is 9.70. The maximum atomic E-state index is 13.6. The summed E-state index contributed by atoms with van der Waals surface area (Å²) in [5, 5.41) is 9.22. The van der Waals surface area contributed by atoms with E-state index in [1.165, 1.54) is 0 Å². The summed E-state index contributed by atoms with van der Waals surface area (Å²) < 4.78 is 92.5. The summed E-state index contributed by atoms with van der Waals surface area (Å²) in [5.41, 5.74) is -1.15. The molecule has 5 rings (SSSR count). The topological polar surface area (TPSA) is 80.0 Å². The number of halogens is 6. The molecule has 4 atom stereocenters. The Labute approximate surface area is 237 Å². The minimum Gasteiger partial charge on any atom is -0.459 e. The van der Waals surface area contributed by atoms with Crippen LogP contribution < -0.4 is 4.90 Å². The fourth-order valence-electron chi connectivity index (χ4n) is 6.38. The Bertz CT molecular complexity index is 1420. The van der Waals surface area contributed by atoms with Crippen LogP contribution in [-0.2, 0) is 33.3 Å². The largest absolute Gasteiger partial charge is 0.459 e. The van der Waals surface area contributed by atoms with Crippen molar-refractivity contribution in [2.45, 2.75) is 64.6 Å². The Kier molecular flexibility index (Phi) is 7.90. The van der Waals surface area contributed by atoms with Crippen LogP contribution in [0.25, 0.3) is 6.08 Å². The molecule has 0 spiro atoms. The zero-order valence-electron chi connectivity index (χ0n) is 22.8. The predicted molar refractivity (Wildman–Crippen MR) is 139 cm³/mol. The van der Waals surface area contributed by atoms with Crippen molar-refractivity contribution in [3.8, 4) is 0 Å². The molecule has 1 N–H and O–H groups in total. The Hall–Kier alpha value is -3.38. The van der Waals surface area contributed by atoms with Gasteiger partial charge in [-0.15, -0.1) is 0 Å². The molecule has 3 heterocycles. The number of aliphatic hydroxyl groups excluding tert-OH is 1. The molecule has 2 aliphatic heterocycles. The van der Waals surface area contributed by atoms with Gasteiger partial charge in [0.2, 0.25) is 11.8 Å². The van der Waals surface area contributed by atoms with Gasteiger partial charge in [-0.25, -0.2) is 4.90 Å². The summed E-state index contributed by atoms with van der Waals surface area (Å²) in [6, 6.07) is 4.24. The van der Waals surface area contributed by atoms with E-state index in [0.717, 1.165) is 23.1 Å². The highest BCUT2D eigenvalue weighted by Crippen LogP contribution is 2.51. The number of anilines is 1. The smallest absolute Gasteiger partial charge is 0.416 e. The van der Waals surface area contributed by atoms with Gasteiger partial charge in [0.15, 0.2) is 0 Å².